The molecule has 4 heteroatoms. The van der Waals surface area contributed by atoms with Crippen LogP contribution in [0.15, 0.2) is 16.9 Å². The molecule has 1 aromatic rings. The van der Waals surface area contributed by atoms with Crippen molar-refractivity contribution >= 4 is 5.82 Å². The number of nitrogens with two attached hydrogens (primary N) is 1. The van der Waals surface area contributed by atoms with E-state index in [1.54, 1.807) is 6.07 Å². The number of nitrogen functional groups attached to an aromatic ring is 1. The van der Waals surface area contributed by atoms with E-state index in [2.05, 4.69) is 12.0 Å². The third-order valence-corrected chi connectivity index (χ3v) is 2.61. The highest BCUT2D eigenvalue weighted by molar-refractivity contribution is 5.23. The van der Waals surface area contributed by atoms with Crippen molar-refractivity contribution in [3.63, 3.8) is 0 Å². The van der Waals surface area contributed by atoms with Gasteiger partial charge in [0.15, 0.2) is 0 Å². The van der Waals surface area contributed by atoms with E-state index in [4.69, 9.17) is 5.73 Å². The Kier molecular flexibility index (Phi) is 5.61. The van der Waals surface area contributed by atoms with Crippen molar-refractivity contribution in [3.05, 3.63) is 22.5 Å². The first-order valence-electron chi connectivity index (χ1n) is 6.07. The summed E-state index contributed by atoms with van der Waals surface area (Å²) < 4.78 is 1.45. The van der Waals surface area contributed by atoms with E-state index in [-0.39, 0.29) is 5.56 Å². The van der Waals surface area contributed by atoms with Crippen LogP contribution in [0, 0.1) is 0 Å². The van der Waals surface area contributed by atoms with Crippen LogP contribution < -0.4 is 11.3 Å². The van der Waals surface area contributed by atoms with Crippen LogP contribution in [0.25, 0.3) is 0 Å². The third kappa shape index (κ3) is 4.47. The van der Waals surface area contributed by atoms with Gasteiger partial charge < -0.3 is 5.73 Å². The molecule has 0 unspecified atom stereocenters. The van der Waals surface area contributed by atoms with Crippen molar-refractivity contribution in [3.8, 4) is 0 Å². The van der Waals surface area contributed by atoms with Crippen molar-refractivity contribution in [1.29, 1.82) is 0 Å². The first kappa shape index (κ1) is 12.7. The lowest BCUT2D eigenvalue weighted by molar-refractivity contribution is 0.511. The Balaban J connectivity index is 2.26. The van der Waals surface area contributed by atoms with Crippen molar-refractivity contribution in [1.82, 2.24) is 9.78 Å². The first-order chi connectivity index (χ1) is 7.74. The molecule has 0 aliphatic carbocycles. The SMILES string of the molecule is CCCCCCCCn1nc(N)ccc1=O. The number of aryl methyl sites for hydroxylation is 1. The molecule has 0 spiro atoms. The quantitative estimate of drug-likeness (QED) is 0.721. The zero-order chi connectivity index (χ0) is 11.8. The molecule has 0 saturated carbocycles. The van der Waals surface area contributed by atoms with Crippen molar-refractivity contribution in [2.45, 2.75) is 52.0 Å². The zero-order valence-corrected chi connectivity index (χ0v) is 9.98. The van der Waals surface area contributed by atoms with Crippen LogP contribution in [-0.2, 0) is 6.54 Å². The average molecular weight is 223 g/mol. The molecule has 0 aromatic carbocycles. The highest BCUT2D eigenvalue weighted by Gasteiger charge is 1.97. The maximum Gasteiger partial charge on any atom is 0.266 e. The van der Waals surface area contributed by atoms with Crippen molar-refractivity contribution < 1.29 is 0 Å². The summed E-state index contributed by atoms with van der Waals surface area (Å²) in [5, 5.41) is 3.99. The van der Waals surface area contributed by atoms with E-state index in [1.807, 2.05) is 0 Å². The van der Waals surface area contributed by atoms with E-state index >= 15 is 0 Å². The van der Waals surface area contributed by atoms with Gasteiger partial charge in [0.2, 0.25) is 0 Å². The topological polar surface area (TPSA) is 60.9 Å². The molecule has 0 aliphatic rings. The van der Waals surface area contributed by atoms with Gasteiger partial charge in [-0.25, -0.2) is 4.68 Å². The number of nitrogens with zero attached hydrogens (tertiary/aromatic N) is 2. The fraction of sp³-hybridized carbons (Fsp3) is 0.667. The second-order valence-corrected chi connectivity index (χ2v) is 4.09. The van der Waals surface area contributed by atoms with Crippen LogP contribution in [-0.4, -0.2) is 9.78 Å². The van der Waals surface area contributed by atoms with Crippen LogP contribution in [0.4, 0.5) is 5.82 Å². The normalized spacial score (nSPS) is 10.6. The van der Waals surface area contributed by atoms with Crippen LogP contribution in [0.1, 0.15) is 45.4 Å². The molecule has 4 nitrogen and oxygen atoms in total. The van der Waals surface area contributed by atoms with E-state index in [9.17, 15) is 4.79 Å². The van der Waals surface area contributed by atoms with Gasteiger partial charge in [-0.1, -0.05) is 39.0 Å². The predicted octanol–water partition coefficient (Wildman–Crippen LogP) is 2.19. The molecule has 1 heterocycles. The number of aromatic nitrogens is 2. The second-order valence-electron chi connectivity index (χ2n) is 4.09. The lowest BCUT2D eigenvalue weighted by Crippen LogP contribution is -2.22. The fourth-order valence-electron chi connectivity index (χ4n) is 1.67. The Morgan fingerprint density at radius 3 is 2.62 bits per heavy atom. The molecule has 0 fully saturated rings. The minimum absolute atomic E-state index is 0.0669. The number of rotatable bonds is 7. The molecule has 2 N–H and O–H groups in total. The predicted molar refractivity (Wildman–Crippen MR) is 66.3 cm³/mol. The molecule has 0 amide bonds. The van der Waals surface area contributed by atoms with E-state index < -0.39 is 0 Å². The van der Waals surface area contributed by atoms with Crippen molar-refractivity contribution in [2.75, 3.05) is 5.73 Å². The molecule has 0 aliphatic heterocycles. The minimum atomic E-state index is -0.0669. The summed E-state index contributed by atoms with van der Waals surface area (Å²) in [6.07, 6.45) is 7.25. The molecule has 1 aromatic heterocycles. The van der Waals surface area contributed by atoms with Gasteiger partial charge in [-0.3, -0.25) is 4.79 Å². The Bertz CT molecular complexity index is 360. The molecule has 0 radical (unpaired) electrons. The largest absolute Gasteiger partial charge is 0.382 e. The van der Waals surface area contributed by atoms with E-state index in [0.717, 1.165) is 12.8 Å². The first-order valence-corrected chi connectivity index (χ1v) is 6.07. The highest BCUT2D eigenvalue weighted by atomic mass is 16.1. The van der Waals surface area contributed by atoms with Gasteiger partial charge >= 0.3 is 0 Å². The van der Waals surface area contributed by atoms with Gasteiger partial charge in [0, 0.05) is 12.6 Å². The van der Waals surface area contributed by atoms with E-state index in [1.165, 1.54) is 36.4 Å². The smallest absolute Gasteiger partial charge is 0.266 e. The maximum atomic E-state index is 11.4. The summed E-state index contributed by atoms with van der Waals surface area (Å²) in [5.41, 5.74) is 5.46. The summed E-state index contributed by atoms with van der Waals surface area (Å²) in [7, 11) is 0. The molecule has 16 heavy (non-hydrogen) atoms. The van der Waals surface area contributed by atoms with Crippen LogP contribution >= 0.6 is 0 Å². The monoisotopic (exact) mass is 223 g/mol. The summed E-state index contributed by atoms with van der Waals surface area (Å²) in [5.74, 6) is 0.408. The lowest BCUT2D eigenvalue weighted by Gasteiger charge is -2.04. The average Bonchev–Trinajstić information content (AvgIpc) is 2.28. The zero-order valence-electron chi connectivity index (χ0n) is 9.98. The molecule has 0 atom stereocenters. The highest BCUT2D eigenvalue weighted by Crippen LogP contribution is 2.05. The molecular weight excluding hydrogens is 202 g/mol. The Morgan fingerprint density at radius 2 is 1.88 bits per heavy atom. The van der Waals surface area contributed by atoms with Gasteiger partial charge in [-0.05, 0) is 12.5 Å². The lowest BCUT2D eigenvalue weighted by atomic mass is 10.1. The standard InChI is InChI=1S/C12H21N3O/c1-2-3-4-5-6-7-10-15-12(16)9-8-11(13)14-15/h8-9H,2-7,10H2,1H3,(H2,13,14). The number of hydrogen-bond donors (Lipinski definition) is 1. The molecule has 90 valence electrons. The molecule has 0 bridgehead atoms. The van der Waals surface area contributed by atoms with Gasteiger partial charge in [-0.2, -0.15) is 5.10 Å². The minimum Gasteiger partial charge on any atom is -0.382 e. The van der Waals surface area contributed by atoms with Gasteiger partial charge in [0.1, 0.15) is 5.82 Å². The van der Waals surface area contributed by atoms with Gasteiger partial charge in [0.25, 0.3) is 5.56 Å². The second kappa shape index (κ2) is 7.04. The third-order valence-electron chi connectivity index (χ3n) is 2.61. The Labute approximate surface area is 96.5 Å². The Hall–Kier alpha value is -1.32. The number of anilines is 1. The molecule has 1 rings (SSSR count). The summed E-state index contributed by atoms with van der Waals surface area (Å²) in [6.45, 7) is 2.88. The van der Waals surface area contributed by atoms with Crippen LogP contribution in [0.2, 0.25) is 0 Å². The van der Waals surface area contributed by atoms with Crippen LogP contribution in [0.3, 0.4) is 0 Å². The van der Waals surface area contributed by atoms with Gasteiger partial charge in [0.05, 0.1) is 0 Å². The van der Waals surface area contributed by atoms with Crippen LogP contribution in [0.5, 0.6) is 0 Å². The van der Waals surface area contributed by atoms with Crippen molar-refractivity contribution in [2.24, 2.45) is 0 Å². The molecule has 0 saturated heterocycles. The van der Waals surface area contributed by atoms with E-state index in [0.29, 0.717) is 12.4 Å². The van der Waals surface area contributed by atoms with Gasteiger partial charge in [-0.15, -0.1) is 0 Å². The molecular formula is C12H21N3O. The summed E-state index contributed by atoms with van der Waals surface area (Å²) >= 11 is 0. The summed E-state index contributed by atoms with van der Waals surface area (Å²) in [6, 6.07) is 3.01. The maximum absolute atomic E-state index is 11.4. The Morgan fingerprint density at radius 1 is 1.19 bits per heavy atom. The number of unbranched alkanes of at least 4 members (excludes halogenated alkanes) is 5. The number of hydrogen-bond acceptors (Lipinski definition) is 3. The summed E-state index contributed by atoms with van der Waals surface area (Å²) in [4.78, 5) is 11.4. The fourth-order valence-corrected chi connectivity index (χ4v) is 1.67.